The average Bonchev–Trinajstić information content (AvgIpc) is 3.14. The Balaban J connectivity index is 1.49. The van der Waals surface area contributed by atoms with Crippen LogP contribution in [0, 0.1) is 6.92 Å². The normalized spacial score (nSPS) is 18.7. The lowest BCUT2D eigenvalue weighted by atomic mass is 10.0. The van der Waals surface area contributed by atoms with Crippen LogP contribution in [0.3, 0.4) is 0 Å². The number of hydrogen-bond acceptors (Lipinski definition) is 6. The lowest BCUT2D eigenvalue weighted by Crippen LogP contribution is -2.45. The first-order valence-electron chi connectivity index (χ1n) is 10.1. The molecule has 30 heavy (non-hydrogen) atoms. The van der Waals surface area contributed by atoms with E-state index in [-0.39, 0.29) is 12.5 Å². The van der Waals surface area contributed by atoms with Gasteiger partial charge in [-0.2, -0.15) is 0 Å². The minimum atomic E-state index is -0.985. The third kappa shape index (κ3) is 3.99. The Morgan fingerprint density at radius 1 is 1.23 bits per heavy atom. The second-order valence-corrected chi connectivity index (χ2v) is 8.11. The predicted molar refractivity (Wildman–Crippen MR) is 117 cm³/mol. The average molecular weight is 406 g/mol. The number of hydrogen-bond donors (Lipinski definition) is 2. The molecule has 0 unspecified atom stereocenters. The molecule has 3 N–H and O–H groups in total. The van der Waals surface area contributed by atoms with E-state index < -0.39 is 5.60 Å². The largest absolute Gasteiger partial charge is 0.386 e. The van der Waals surface area contributed by atoms with E-state index in [1.807, 2.05) is 37.3 Å². The fourth-order valence-electron chi connectivity index (χ4n) is 4.07. The monoisotopic (exact) mass is 405 g/mol. The van der Waals surface area contributed by atoms with Gasteiger partial charge in [-0.1, -0.05) is 12.1 Å². The quantitative estimate of drug-likeness (QED) is 0.675. The number of pyridine rings is 2. The lowest BCUT2D eigenvalue weighted by molar-refractivity contribution is 0.0264. The number of carbonyl (C=O) groups excluding carboxylic acids is 1. The molecule has 1 fully saturated rings. The van der Waals surface area contributed by atoms with Crippen molar-refractivity contribution in [1.82, 2.24) is 14.9 Å². The number of rotatable bonds is 5. The van der Waals surface area contributed by atoms with Gasteiger partial charge in [-0.25, -0.2) is 4.98 Å². The Hall–Kier alpha value is -3.03. The lowest BCUT2D eigenvalue weighted by Gasteiger charge is -2.29. The number of likely N-dealkylation sites (N-methyl/N-ethyl adjacent to an activating group) is 1. The Kier molecular flexibility index (Phi) is 5.40. The number of carbonyl (C=O) groups is 1. The molecule has 1 aliphatic heterocycles. The fraction of sp³-hybridized carbons (Fsp3) is 0.348. The number of benzene rings is 1. The fourth-order valence-corrected chi connectivity index (χ4v) is 4.07. The van der Waals surface area contributed by atoms with Crippen LogP contribution in [-0.4, -0.2) is 58.2 Å². The Bertz CT molecular complexity index is 1070. The summed E-state index contributed by atoms with van der Waals surface area (Å²) in [7, 11) is 1.73. The van der Waals surface area contributed by atoms with E-state index in [9.17, 15) is 9.90 Å². The molecule has 3 heterocycles. The van der Waals surface area contributed by atoms with Gasteiger partial charge in [-0.15, -0.1) is 0 Å². The van der Waals surface area contributed by atoms with Gasteiger partial charge in [0.2, 0.25) is 0 Å². The first-order chi connectivity index (χ1) is 14.4. The van der Waals surface area contributed by atoms with E-state index in [0.717, 1.165) is 28.0 Å². The number of nitrogens with zero attached hydrogens (tertiary/aromatic N) is 4. The van der Waals surface area contributed by atoms with Gasteiger partial charge < -0.3 is 20.6 Å². The molecule has 1 aliphatic rings. The molecule has 0 saturated carbocycles. The molecule has 7 heteroatoms. The molecular weight excluding hydrogens is 378 g/mol. The summed E-state index contributed by atoms with van der Waals surface area (Å²) in [6.07, 6.45) is 2.35. The SMILES string of the molecule is Cc1ccc2nccc(N3CC[C@@](O)(CN(C)C(=O)c4ccc(CN)cc4)C3)c2n1. The number of anilines is 1. The van der Waals surface area contributed by atoms with Crippen molar-refractivity contribution in [2.75, 3.05) is 31.6 Å². The second-order valence-electron chi connectivity index (χ2n) is 8.11. The smallest absolute Gasteiger partial charge is 0.253 e. The molecule has 0 spiro atoms. The number of amides is 1. The molecule has 1 aromatic carbocycles. The van der Waals surface area contributed by atoms with E-state index in [0.29, 0.717) is 31.6 Å². The van der Waals surface area contributed by atoms with Gasteiger partial charge in [0.1, 0.15) is 11.1 Å². The van der Waals surface area contributed by atoms with Crippen molar-refractivity contribution in [2.45, 2.75) is 25.5 Å². The summed E-state index contributed by atoms with van der Waals surface area (Å²) in [6, 6.07) is 13.1. The molecule has 1 saturated heterocycles. The topological polar surface area (TPSA) is 95.6 Å². The molecule has 0 bridgehead atoms. The molecule has 156 valence electrons. The Morgan fingerprint density at radius 3 is 2.73 bits per heavy atom. The highest BCUT2D eigenvalue weighted by Gasteiger charge is 2.38. The van der Waals surface area contributed by atoms with Gasteiger partial charge in [0.05, 0.1) is 17.7 Å². The number of aliphatic hydroxyl groups is 1. The molecule has 3 aromatic rings. The zero-order valence-corrected chi connectivity index (χ0v) is 17.4. The highest BCUT2D eigenvalue weighted by Crippen LogP contribution is 2.31. The summed E-state index contributed by atoms with van der Waals surface area (Å²) in [6.45, 7) is 3.79. The van der Waals surface area contributed by atoms with Crippen LogP contribution in [0.5, 0.6) is 0 Å². The third-order valence-corrected chi connectivity index (χ3v) is 5.69. The molecule has 1 atom stereocenters. The van der Waals surface area contributed by atoms with Gasteiger partial charge in [-0.05, 0) is 49.2 Å². The van der Waals surface area contributed by atoms with Gasteiger partial charge in [0, 0.05) is 44.1 Å². The summed E-state index contributed by atoms with van der Waals surface area (Å²) in [5.74, 6) is -0.114. The highest BCUT2D eigenvalue weighted by atomic mass is 16.3. The zero-order chi connectivity index (χ0) is 21.3. The molecule has 1 amide bonds. The van der Waals surface area contributed by atoms with Crippen LogP contribution in [0.4, 0.5) is 5.69 Å². The summed E-state index contributed by atoms with van der Waals surface area (Å²) in [5.41, 5.74) is 9.78. The maximum atomic E-state index is 12.8. The summed E-state index contributed by atoms with van der Waals surface area (Å²) < 4.78 is 0. The van der Waals surface area contributed by atoms with Crippen LogP contribution >= 0.6 is 0 Å². The van der Waals surface area contributed by atoms with Crippen molar-refractivity contribution in [3.8, 4) is 0 Å². The standard InChI is InChI=1S/C23H27N5O2/c1-16-3-8-19-21(26-16)20(9-11-25-19)28-12-10-23(30,15-28)14-27(2)22(29)18-6-4-17(13-24)5-7-18/h3-9,11,30H,10,12-15,24H2,1-2H3/t23-/m1/s1. The van der Waals surface area contributed by atoms with E-state index in [4.69, 9.17) is 5.73 Å². The molecule has 0 radical (unpaired) electrons. The molecule has 2 aromatic heterocycles. The Labute approximate surface area is 176 Å². The number of nitrogens with two attached hydrogens (primary N) is 1. The number of aryl methyl sites for hydroxylation is 1. The van der Waals surface area contributed by atoms with E-state index in [2.05, 4.69) is 14.9 Å². The predicted octanol–water partition coefficient (Wildman–Crippen LogP) is 2.11. The zero-order valence-electron chi connectivity index (χ0n) is 17.4. The van der Waals surface area contributed by atoms with E-state index in [1.54, 1.807) is 30.3 Å². The van der Waals surface area contributed by atoms with E-state index >= 15 is 0 Å². The van der Waals surface area contributed by atoms with Crippen molar-refractivity contribution in [1.29, 1.82) is 0 Å². The molecule has 7 nitrogen and oxygen atoms in total. The third-order valence-electron chi connectivity index (χ3n) is 5.69. The molecule has 4 rings (SSSR count). The van der Waals surface area contributed by atoms with Gasteiger partial charge in [0.15, 0.2) is 0 Å². The van der Waals surface area contributed by atoms with E-state index in [1.165, 1.54) is 0 Å². The maximum Gasteiger partial charge on any atom is 0.253 e. The van der Waals surface area contributed by atoms with Crippen LogP contribution in [0.25, 0.3) is 11.0 Å². The maximum absolute atomic E-state index is 12.8. The summed E-state index contributed by atoms with van der Waals surface area (Å²) in [4.78, 5) is 25.6. The van der Waals surface area contributed by atoms with Crippen LogP contribution in [0.1, 0.15) is 28.0 Å². The van der Waals surface area contributed by atoms with Crippen molar-refractivity contribution >= 4 is 22.6 Å². The first-order valence-corrected chi connectivity index (χ1v) is 10.1. The van der Waals surface area contributed by atoms with Crippen LogP contribution in [0.15, 0.2) is 48.7 Å². The second kappa shape index (κ2) is 8.01. The summed E-state index contributed by atoms with van der Waals surface area (Å²) >= 11 is 0. The number of fused-ring (bicyclic) bond motifs is 1. The van der Waals surface area contributed by atoms with Crippen LogP contribution in [0.2, 0.25) is 0 Å². The van der Waals surface area contributed by atoms with Crippen LogP contribution < -0.4 is 10.6 Å². The van der Waals surface area contributed by atoms with Gasteiger partial charge in [-0.3, -0.25) is 9.78 Å². The minimum Gasteiger partial charge on any atom is -0.386 e. The number of aromatic nitrogens is 2. The van der Waals surface area contributed by atoms with Crippen LogP contribution in [-0.2, 0) is 6.54 Å². The van der Waals surface area contributed by atoms with Crippen molar-refractivity contribution in [3.63, 3.8) is 0 Å². The number of β-amino-alcohol motifs (C(OH)–C–C–N with tert-alkyl or cyclic N) is 1. The molecule has 0 aliphatic carbocycles. The first kappa shape index (κ1) is 20.3. The highest BCUT2D eigenvalue weighted by molar-refractivity contribution is 5.94. The minimum absolute atomic E-state index is 0.114. The Morgan fingerprint density at radius 2 is 2.00 bits per heavy atom. The van der Waals surface area contributed by atoms with Gasteiger partial charge >= 0.3 is 0 Å². The summed E-state index contributed by atoms with van der Waals surface area (Å²) in [5, 5.41) is 11.2. The van der Waals surface area contributed by atoms with Crippen molar-refractivity contribution in [2.24, 2.45) is 5.73 Å². The van der Waals surface area contributed by atoms with Crippen molar-refractivity contribution < 1.29 is 9.90 Å². The van der Waals surface area contributed by atoms with Gasteiger partial charge in [0.25, 0.3) is 5.91 Å². The molecular formula is C23H27N5O2. The van der Waals surface area contributed by atoms with Crippen molar-refractivity contribution in [3.05, 3.63) is 65.5 Å².